The summed E-state index contributed by atoms with van der Waals surface area (Å²) in [6, 6.07) is 29.7. The Labute approximate surface area is 332 Å². The SMILES string of the molecule is Cl.Cl.N[C@H]1CC[C@H](N(C(=O)O)c2cc(CCCC(=O)NCc3ccc(CNC[C@H](O)c4ccc(O)c5[nH]c(=O)ccc45)cc3)ccc2-c2ccccc2)CC1. The number of rotatable bonds is 14. The van der Waals surface area contributed by atoms with Crippen molar-refractivity contribution in [1.82, 2.24) is 15.6 Å². The van der Waals surface area contributed by atoms with Gasteiger partial charge in [0, 0.05) is 55.2 Å². The molecule has 0 bridgehead atoms. The third kappa shape index (κ3) is 11.1. The number of nitrogens with one attached hydrogen (secondary N) is 3. The molecule has 13 heteroatoms. The summed E-state index contributed by atoms with van der Waals surface area (Å²) in [5, 5.41) is 38.1. The van der Waals surface area contributed by atoms with Gasteiger partial charge in [0.2, 0.25) is 11.5 Å². The predicted molar refractivity (Wildman–Crippen MR) is 221 cm³/mol. The second-order valence-electron chi connectivity index (χ2n) is 13.8. The highest BCUT2D eigenvalue weighted by atomic mass is 35.5. The number of halogens is 2. The van der Waals surface area contributed by atoms with Crippen molar-refractivity contribution in [3.05, 3.63) is 130 Å². The molecule has 6 rings (SSSR count). The van der Waals surface area contributed by atoms with Crippen LogP contribution in [0.25, 0.3) is 22.0 Å². The van der Waals surface area contributed by atoms with Gasteiger partial charge in [-0.25, -0.2) is 4.79 Å². The van der Waals surface area contributed by atoms with Gasteiger partial charge in [-0.1, -0.05) is 72.8 Å². The Kier molecular flexibility index (Phi) is 15.7. The molecule has 2 amide bonds. The fraction of sp³-hybridized carbons (Fsp3) is 0.310. The van der Waals surface area contributed by atoms with Crippen molar-refractivity contribution >= 4 is 53.4 Å². The summed E-state index contributed by atoms with van der Waals surface area (Å²) in [7, 11) is 0. The highest BCUT2D eigenvalue weighted by Gasteiger charge is 2.30. The van der Waals surface area contributed by atoms with Crippen molar-refractivity contribution in [2.75, 3.05) is 11.4 Å². The first-order chi connectivity index (χ1) is 25.7. The lowest BCUT2D eigenvalue weighted by Crippen LogP contribution is -2.44. The molecule has 1 aromatic heterocycles. The first kappa shape index (κ1) is 42.8. The molecule has 1 aliphatic carbocycles. The number of H-pyrrole nitrogens is 1. The van der Waals surface area contributed by atoms with Gasteiger partial charge in [-0.05, 0) is 84.5 Å². The van der Waals surface area contributed by atoms with E-state index in [4.69, 9.17) is 5.73 Å². The predicted octanol–water partition coefficient (Wildman–Crippen LogP) is 6.96. The number of hydrogen-bond donors (Lipinski definition) is 7. The lowest BCUT2D eigenvalue weighted by atomic mass is 9.89. The number of carbonyl (C=O) groups excluding carboxylic acids is 1. The normalized spacial score (nSPS) is 15.7. The fourth-order valence-corrected chi connectivity index (χ4v) is 7.14. The smallest absolute Gasteiger partial charge is 0.412 e. The third-order valence-corrected chi connectivity index (χ3v) is 10.0. The molecule has 1 atom stereocenters. The molecule has 1 heterocycles. The minimum atomic E-state index is -0.970. The Hall–Kier alpha value is -4.91. The molecule has 4 aromatic carbocycles. The Bertz CT molecular complexity index is 2090. The summed E-state index contributed by atoms with van der Waals surface area (Å²) < 4.78 is 0. The molecule has 0 aliphatic heterocycles. The van der Waals surface area contributed by atoms with Crippen molar-refractivity contribution < 1.29 is 24.9 Å². The first-order valence-corrected chi connectivity index (χ1v) is 18.2. The van der Waals surface area contributed by atoms with E-state index in [1.807, 2.05) is 72.8 Å². The van der Waals surface area contributed by atoms with E-state index in [9.17, 15) is 29.7 Å². The summed E-state index contributed by atoms with van der Waals surface area (Å²) in [4.78, 5) is 41.3. The molecule has 1 fully saturated rings. The maximum atomic E-state index is 12.8. The molecular formula is C42H49Cl2N5O6. The first-order valence-electron chi connectivity index (χ1n) is 18.2. The van der Waals surface area contributed by atoms with Gasteiger partial charge < -0.3 is 36.7 Å². The Morgan fingerprint density at radius 2 is 1.53 bits per heavy atom. The maximum Gasteiger partial charge on any atom is 0.412 e. The summed E-state index contributed by atoms with van der Waals surface area (Å²) in [6.45, 7) is 1.18. The number of carbonyl (C=O) groups is 2. The van der Waals surface area contributed by atoms with Gasteiger partial charge in [-0.15, -0.1) is 24.8 Å². The van der Waals surface area contributed by atoms with Crippen molar-refractivity contribution in [3.63, 3.8) is 0 Å². The van der Waals surface area contributed by atoms with Crippen LogP contribution < -0.4 is 26.8 Å². The average molecular weight is 791 g/mol. The summed E-state index contributed by atoms with van der Waals surface area (Å²) in [5.41, 5.74) is 12.2. The lowest BCUT2D eigenvalue weighted by Gasteiger charge is -2.35. The molecule has 0 spiro atoms. The van der Waals surface area contributed by atoms with Gasteiger partial charge >= 0.3 is 6.09 Å². The van der Waals surface area contributed by atoms with E-state index in [1.54, 1.807) is 12.1 Å². The molecule has 0 radical (unpaired) electrons. The van der Waals surface area contributed by atoms with E-state index < -0.39 is 12.2 Å². The lowest BCUT2D eigenvalue weighted by molar-refractivity contribution is -0.121. The standard InChI is InChI=1S/C42H47N5O6.2ClH/c43-31-14-16-32(17-15-31)47(42(52)53)36-23-27(13-18-33(36)30-6-2-1-3-7-30)5-4-8-39(50)45-25-29-11-9-28(10-12-29)24-44-26-38(49)34-19-21-37(48)41-35(34)20-22-40(51)46-41;;/h1-3,6-7,9-13,18-23,31-32,38,44,48-49H,4-5,8,14-17,24-26,43H2,(H,45,50)(H,46,51)(H,52,53);2*1H/t31-,32-,38-;;/m0../s1. The number of aliphatic hydroxyl groups excluding tert-OH is 1. The second-order valence-corrected chi connectivity index (χ2v) is 13.8. The summed E-state index contributed by atoms with van der Waals surface area (Å²) >= 11 is 0. The monoisotopic (exact) mass is 789 g/mol. The van der Waals surface area contributed by atoms with Crippen LogP contribution in [0.4, 0.5) is 10.5 Å². The van der Waals surface area contributed by atoms with Crippen LogP contribution >= 0.6 is 24.8 Å². The van der Waals surface area contributed by atoms with Gasteiger partial charge in [-0.2, -0.15) is 0 Å². The molecule has 0 saturated heterocycles. The second kappa shape index (κ2) is 20.1. The molecule has 1 aliphatic rings. The van der Waals surface area contributed by atoms with Gasteiger partial charge in [-0.3, -0.25) is 14.5 Å². The van der Waals surface area contributed by atoms with E-state index in [2.05, 4.69) is 15.6 Å². The summed E-state index contributed by atoms with van der Waals surface area (Å²) in [5.74, 6) is -0.105. The molecule has 8 N–H and O–H groups in total. The maximum absolute atomic E-state index is 12.8. The van der Waals surface area contributed by atoms with E-state index in [-0.39, 0.29) is 60.7 Å². The molecule has 0 unspecified atom stereocenters. The number of aromatic amines is 1. The zero-order valence-electron chi connectivity index (χ0n) is 30.4. The minimum absolute atomic E-state index is 0. The molecule has 5 aromatic rings. The number of fused-ring (bicyclic) bond motifs is 1. The van der Waals surface area contributed by atoms with Gasteiger partial charge in [0.15, 0.2) is 0 Å². The Balaban J connectivity index is 0.00000336. The van der Waals surface area contributed by atoms with Crippen molar-refractivity contribution in [3.8, 4) is 16.9 Å². The van der Waals surface area contributed by atoms with Crippen LogP contribution in [0, 0.1) is 0 Å². The van der Waals surface area contributed by atoms with Crippen molar-refractivity contribution in [2.45, 2.75) is 76.2 Å². The van der Waals surface area contributed by atoms with Crippen molar-refractivity contribution in [2.24, 2.45) is 5.73 Å². The number of amides is 2. The van der Waals surface area contributed by atoms with Crippen LogP contribution in [0.3, 0.4) is 0 Å². The molecule has 1 saturated carbocycles. The quantitative estimate of drug-likeness (QED) is 0.0631. The highest BCUT2D eigenvalue weighted by molar-refractivity contribution is 5.94. The number of nitrogens with two attached hydrogens (primary N) is 1. The number of benzene rings is 4. The van der Waals surface area contributed by atoms with Gasteiger partial charge in [0.25, 0.3) is 0 Å². The zero-order valence-corrected chi connectivity index (χ0v) is 32.1. The van der Waals surface area contributed by atoms with Crippen LogP contribution in [-0.2, 0) is 24.3 Å². The Morgan fingerprint density at radius 3 is 2.22 bits per heavy atom. The van der Waals surface area contributed by atoms with Crippen LogP contribution in [0.1, 0.15) is 66.9 Å². The number of aryl methyl sites for hydroxylation is 1. The number of aliphatic hydroxyl groups is 1. The number of pyridine rings is 1. The van der Waals surface area contributed by atoms with Crippen LogP contribution in [0.15, 0.2) is 102 Å². The minimum Gasteiger partial charge on any atom is -0.506 e. The van der Waals surface area contributed by atoms with E-state index >= 15 is 0 Å². The van der Waals surface area contributed by atoms with E-state index in [1.165, 1.54) is 17.0 Å². The Morgan fingerprint density at radius 1 is 0.855 bits per heavy atom. The van der Waals surface area contributed by atoms with Crippen molar-refractivity contribution in [1.29, 1.82) is 0 Å². The molecule has 55 heavy (non-hydrogen) atoms. The zero-order chi connectivity index (χ0) is 37.3. The largest absolute Gasteiger partial charge is 0.506 e. The average Bonchev–Trinajstić information content (AvgIpc) is 3.16. The van der Waals surface area contributed by atoms with Gasteiger partial charge in [0.05, 0.1) is 17.3 Å². The van der Waals surface area contributed by atoms with Gasteiger partial charge in [0.1, 0.15) is 5.75 Å². The van der Waals surface area contributed by atoms with E-state index in [0.717, 1.165) is 53.5 Å². The van der Waals surface area contributed by atoms with Crippen LogP contribution in [-0.4, -0.2) is 50.9 Å². The third-order valence-electron chi connectivity index (χ3n) is 10.0. The highest BCUT2D eigenvalue weighted by Crippen LogP contribution is 2.36. The summed E-state index contributed by atoms with van der Waals surface area (Å²) in [6.07, 6.45) is 2.81. The number of aromatic hydroxyl groups is 1. The fourth-order valence-electron chi connectivity index (χ4n) is 7.14. The number of phenolic OH excluding ortho intramolecular Hbond substituents is 1. The topological polar surface area (TPSA) is 181 Å². The number of phenols is 1. The van der Waals surface area contributed by atoms with E-state index in [0.29, 0.717) is 54.5 Å². The number of carboxylic acid groups (broad SMARTS) is 1. The van der Waals surface area contributed by atoms with Crippen LogP contribution in [0.5, 0.6) is 5.75 Å². The number of anilines is 1. The molecular weight excluding hydrogens is 741 g/mol. The molecule has 11 nitrogen and oxygen atoms in total. The number of aromatic nitrogens is 1. The number of nitrogens with zero attached hydrogens (tertiary/aromatic N) is 1. The molecule has 292 valence electrons. The number of hydrogen-bond acceptors (Lipinski definition) is 7. The van der Waals surface area contributed by atoms with Crippen LogP contribution in [0.2, 0.25) is 0 Å².